The van der Waals surface area contributed by atoms with E-state index in [0.717, 1.165) is 10.8 Å². The lowest BCUT2D eigenvalue weighted by Gasteiger charge is -2.31. The third kappa shape index (κ3) is 2.65. The zero-order valence-corrected chi connectivity index (χ0v) is 10.5. The van der Waals surface area contributed by atoms with Crippen LogP contribution < -0.4 is 0 Å². The van der Waals surface area contributed by atoms with Crippen molar-refractivity contribution in [2.45, 2.75) is 18.6 Å². The van der Waals surface area contributed by atoms with Gasteiger partial charge in [-0.2, -0.15) is 0 Å². The van der Waals surface area contributed by atoms with Crippen LogP contribution in [0.4, 0.5) is 0 Å². The van der Waals surface area contributed by atoms with Crippen LogP contribution in [-0.2, 0) is 9.47 Å². The molecule has 2 nitrogen and oxygen atoms in total. The van der Waals surface area contributed by atoms with Gasteiger partial charge in [0.25, 0.3) is 5.95 Å². The minimum absolute atomic E-state index is 0.0900. The standard InChI is InChI=1S/C12H13IO2/c1-9-14-11(8-13)7-12(15-9)10-5-3-2-4-6-10/h2-6,11-12H,1,7-8H2/t11-,12+/m1/s1. The highest BCUT2D eigenvalue weighted by Gasteiger charge is 2.26. The van der Waals surface area contributed by atoms with Gasteiger partial charge in [-0.05, 0) is 12.1 Å². The molecule has 0 unspecified atom stereocenters. The summed E-state index contributed by atoms with van der Waals surface area (Å²) in [6, 6.07) is 10.2. The van der Waals surface area contributed by atoms with Gasteiger partial charge in [-0.25, -0.2) is 0 Å². The van der Waals surface area contributed by atoms with Crippen molar-refractivity contribution in [2.75, 3.05) is 4.43 Å². The number of halogens is 1. The molecule has 0 amide bonds. The second-order valence-corrected chi connectivity index (χ2v) is 4.40. The summed E-state index contributed by atoms with van der Waals surface area (Å²) < 4.78 is 12.0. The minimum atomic E-state index is 0.0900. The largest absolute Gasteiger partial charge is 0.462 e. The summed E-state index contributed by atoms with van der Waals surface area (Å²) in [5.41, 5.74) is 1.19. The van der Waals surface area contributed by atoms with E-state index in [1.54, 1.807) is 0 Å². The number of rotatable bonds is 2. The molecule has 1 aromatic carbocycles. The Hall–Kier alpha value is -0.710. The molecule has 0 aliphatic carbocycles. The van der Waals surface area contributed by atoms with E-state index in [2.05, 4.69) is 41.3 Å². The van der Waals surface area contributed by atoms with Gasteiger partial charge in [-0.3, -0.25) is 0 Å². The summed E-state index contributed by atoms with van der Waals surface area (Å²) in [6.07, 6.45) is 1.20. The van der Waals surface area contributed by atoms with Gasteiger partial charge in [0.15, 0.2) is 0 Å². The van der Waals surface area contributed by atoms with E-state index in [0.29, 0.717) is 5.95 Å². The molecule has 1 saturated heterocycles. The van der Waals surface area contributed by atoms with Crippen molar-refractivity contribution in [1.82, 2.24) is 0 Å². The van der Waals surface area contributed by atoms with E-state index in [9.17, 15) is 0 Å². The van der Waals surface area contributed by atoms with Crippen molar-refractivity contribution in [3.05, 3.63) is 48.4 Å². The average molecular weight is 316 g/mol. The van der Waals surface area contributed by atoms with Crippen LogP contribution in [0.25, 0.3) is 0 Å². The van der Waals surface area contributed by atoms with Crippen molar-refractivity contribution in [3.8, 4) is 0 Å². The summed E-state index contributed by atoms with van der Waals surface area (Å²) in [4.78, 5) is 0. The fourth-order valence-electron chi connectivity index (χ4n) is 1.67. The lowest BCUT2D eigenvalue weighted by Crippen LogP contribution is -2.25. The third-order valence-electron chi connectivity index (χ3n) is 2.39. The SMILES string of the molecule is C=C1O[C@@H](CI)C[C@@H](c2ccccc2)O1. The molecule has 0 radical (unpaired) electrons. The highest BCUT2D eigenvalue weighted by molar-refractivity contribution is 14.1. The number of ether oxygens (including phenoxy) is 2. The molecule has 0 spiro atoms. The average Bonchev–Trinajstić information content (AvgIpc) is 2.29. The molecule has 1 aliphatic heterocycles. The van der Waals surface area contributed by atoms with Crippen LogP contribution in [0.1, 0.15) is 18.1 Å². The molecule has 3 heteroatoms. The third-order valence-corrected chi connectivity index (χ3v) is 3.37. The summed E-state index contributed by atoms with van der Waals surface area (Å²) in [6.45, 7) is 3.74. The first-order chi connectivity index (χ1) is 7.29. The normalized spacial score (nSPS) is 25.5. The monoisotopic (exact) mass is 316 g/mol. The van der Waals surface area contributed by atoms with Gasteiger partial charge in [-0.15, -0.1) is 0 Å². The molecule has 2 rings (SSSR count). The molecule has 0 bridgehead atoms. The van der Waals surface area contributed by atoms with Crippen LogP contribution in [0.2, 0.25) is 0 Å². The van der Waals surface area contributed by atoms with Gasteiger partial charge in [0.1, 0.15) is 12.2 Å². The maximum atomic E-state index is 5.58. The molecule has 80 valence electrons. The molecular weight excluding hydrogens is 303 g/mol. The Morgan fingerprint density at radius 2 is 2.00 bits per heavy atom. The molecule has 0 saturated carbocycles. The molecule has 0 N–H and O–H groups in total. The van der Waals surface area contributed by atoms with Crippen LogP contribution in [0, 0.1) is 0 Å². The predicted octanol–water partition coefficient (Wildman–Crippen LogP) is 3.44. The zero-order chi connectivity index (χ0) is 10.7. The maximum Gasteiger partial charge on any atom is 0.272 e. The Morgan fingerprint density at radius 1 is 1.27 bits per heavy atom. The minimum Gasteiger partial charge on any atom is -0.462 e. The summed E-state index contributed by atoms with van der Waals surface area (Å²) >= 11 is 2.32. The Morgan fingerprint density at radius 3 is 2.67 bits per heavy atom. The Balaban J connectivity index is 2.12. The van der Waals surface area contributed by atoms with Crippen LogP contribution in [0.15, 0.2) is 42.9 Å². The lowest BCUT2D eigenvalue weighted by molar-refractivity contribution is -0.0967. The van der Waals surface area contributed by atoms with Crippen LogP contribution >= 0.6 is 22.6 Å². The van der Waals surface area contributed by atoms with E-state index in [4.69, 9.17) is 9.47 Å². The first kappa shape index (κ1) is 10.8. The van der Waals surface area contributed by atoms with Gasteiger partial charge < -0.3 is 9.47 Å². The maximum absolute atomic E-state index is 5.58. The second kappa shape index (κ2) is 4.88. The zero-order valence-electron chi connectivity index (χ0n) is 8.36. The molecule has 15 heavy (non-hydrogen) atoms. The van der Waals surface area contributed by atoms with Gasteiger partial charge in [0.2, 0.25) is 0 Å². The van der Waals surface area contributed by atoms with E-state index >= 15 is 0 Å². The Labute approximate surface area is 103 Å². The quantitative estimate of drug-likeness (QED) is 0.615. The molecule has 0 aromatic heterocycles. The fraction of sp³-hybridized carbons (Fsp3) is 0.333. The fourth-order valence-corrected chi connectivity index (χ4v) is 2.21. The van der Waals surface area contributed by atoms with E-state index < -0.39 is 0 Å². The smallest absolute Gasteiger partial charge is 0.272 e. The van der Waals surface area contributed by atoms with E-state index in [-0.39, 0.29) is 12.2 Å². The molecule has 1 heterocycles. The molecule has 1 aromatic rings. The number of alkyl halides is 1. The molecule has 2 atom stereocenters. The lowest BCUT2D eigenvalue weighted by atomic mass is 10.0. The van der Waals surface area contributed by atoms with Crippen molar-refractivity contribution >= 4 is 22.6 Å². The van der Waals surface area contributed by atoms with Crippen molar-refractivity contribution in [3.63, 3.8) is 0 Å². The van der Waals surface area contributed by atoms with Crippen LogP contribution in [0.3, 0.4) is 0 Å². The summed E-state index contributed by atoms with van der Waals surface area (Å²) in [5.74, 6) is 0.441. The number of hydrogen-bond donors (Lipinski definition) is 0. The van der Waals surface area contributed by atoms with Crippen molar-refractivity contribution in [2.24, 2.45) is 0 Å². The van der Waals surface area contributed by atoms with Crippen molar-refractivity contribution < 1.29 is 9.47 Å². The van der Waals surface area contributed by atoms with Crippen molar-refractivity contribution in [1.29, 1.82) is 0 Å². The Kier molecular flexibility index (Phi) is 3.51. The van der Waals surface area contributed by atoms with Gasteiger partial charge in [0, 0.05) is 10.8 Å². The van der Waals surface area contributed by atoms with Gasteiger partial charge in [-0.1, -0.05) is 52.9 Å². The predicted molar refractivity (Wildman–Crippen MR) is 67.8 cm³/mol. The van der Waals surface area contributed by atoms with Crippen LogP contribution in [0.5, 0.6) is 0 Å². The number of benzene rings is 1. The van der Waals surface area contributed by atoms with E-state index in [1.807, 2.05) is 18.2 Å². The summed E-state index contributed by atoms with van der Waals surface area (Å²) in [5, 5.41) is 0. The Bertz CT molecular complexity index is 337. The van der Waals surface area contributed by atoms with Crippen LogP contribution in [-0.4, -0.2) is 10.5 Å². The summed E-state index contributed by atoms with van der Waals surface area (Å²) in [7, 11) is 0. The molecular formula is C12H13IO2. The van der Waals surface area contributed by atoms with Gasteiger partial charge in [0.05, 0.1) is 0 Å². The first-order valence-electron chi connectivity index (χ1n) is 4.92. The number of hydrogen-bond acceptors (Lipinski definition) is 2. The highest BCUT2D eigenvalue weighted by atomic mass is 127. The van der Waals surface area contributed by atoms with E-state index in [1.165, 1.54) is 5.56 Å². The first-order valence-corrected chi connectivity index (χ1v) is 6.45. The highest BCUT2D eigenvalue weighted by Crippen LogP contribution is 2.32. The molecule has 1 fully saturated rings. The van der Waals surface area contributed by atoms with Gasteiger partial charge >= 0.3 is 0 Å². The molecule has 1 aliphatic rings. The second-order valence-electron chi connectivity index (χ2n) is 3.52. The topological polar surface area (TPSA) is 18.5 Å².